The van der Waals surface area contributed by atoms with Gasteiger partial charge in [-0.15, -0.1) is 0 Å². The van der Waals surface area contributed by atoms with Crippen molar-refractivity contribution in [2.24, 2.45) is 5.73 Å². The third-order valence-corrected chi connectivity index (χ3v) is 4.12. The van der Waals surface area contributed by atoms with Crippen LogP contribution in [0.5, 0.6) is 0 Å². The number of nitrogens with two attached hydrogens (primary N) is 1. The number of carboxylic acids is 1. The van der Waals surface area contributed by atoms with Crippen LogP contribution in [0.2, 0.25) is 5.02 Å². The first-order chi connectivity index (χ1) is 9.56. The third kappa shape index (κ3) is 4.11. The average Bonchev–Trinajstić information content (AvgIpc) is 2.38. The standard InChI is InChI=1S/C10H10ClFN2O6S/c11-8-5(10(17)18)1-4(2-6(8)12)21(19,20)14-3-7(15)9(13)16/h1-2,7,14-15H,3H2,(H2,13,16)(H,17,18). The molecule has 5 N–H and O–H groups in total. The lowest BCUT2D eigenvalue weighted by Crippen LogP contribution is -2.40. The Balaban J connectivity index is 3.15. The van der Waals surface area contributed by atoms with Crippen LogP contribution in [0.4, 0.5) is 4.39 Å². The summed E-state index contributed by atoms with van der Waals surface area (Å²) in [6.07, 6.45) is -1.78. The van der Waals surface area contributed by atoms with Crippen LogP contribution >= 0.6 is 11.6 Å². The van der Waals surface area contributed by atoms with Crippen LogP contribution in [-0.4, -0.2) is 43.2 Å². The summed E-state index contributed by atoms with van der Waals surface area (Å²) in [7, 11) is -4.36. The number of sulfonamides is 1. The maximum absolute atomic E-state index is 13.4. The van der Waals surface area contributed by atoms with Gasteiger partial charge < -0.3 is 15.9 Å². The number of carbonyl (C=O) groups excluding carboxylic acids is 1. The first kappa shape index (κ1) is 17.3. The molecule has 116 valence electrons. The van der Waals surface area contributed by atoms with Gasteiger partial charge in [0.1, 0.15) is 11.9 Å². The number of aliphatic hydroxyl groups is 1. The molecule has 1 amide bonds. The van der Waals surface area contributed by atoms with Gasteiger partial charge in [0.15, 0.2) is 0 Å². The summed E-state index contributed by atoms with van der Waals surface area (Å²) in [6, 6.07) is 1.15. The lowest BCUT2D eigenvalue weighted by atomic mass is 10.2. The van der Waals surface area contributed by atoms with Gasteiger partial charge in [0, 0.05) is 6.54 Å². The molecule has 1 unspecified atom stereocenters. The predicted octanol–water partition coefficient (Wildman–Crippen LogP) is -0.698. The Hall–Kier alpha value is -1.75. The molecule has 8 nitrogen and oxygen atoms in total. The molecule has 0 saturated heterocycles. The van der Waals surface area contributed by atoms with Gasteiger partial charge in [0.05, 0.1) is 15.5 Å². The van der Waals surface area contributed by atoms with Gasteiger partial charge in [0.25, 0.3) is 0 Å². The van der Waals surface area contributed by atoms with Crippen LogP contribution in [0.25, 0.3) is 0 Å². The molecule has 1 rings (SSSR count). The van der Waals surface area contributed by atoms with Gasteiger partial charge in [-0.25, -0.2) is 22.3 Å². The molecule has 0 radical (unpaired) electrons. The minimum absolute atomic E-state index is 0.508. The number of carbonyl (C=O) groups is 2. The van der Waals surface area contributed by atoms with Crippen molar-refractivity contribution in [2.45, 2.75) is 11.0 Å². The molecule has 1 aromatic carbocycles. The molecule has 0 aliphatic heterocycles. The van der Waals surface area contributed by atoms with E-state index in [0.29, 0.717) is 12.1 Å². The number of hydrogen-bond acceptors (Lipinski definition) is 5. The van der Waals surface area contributed by atoms with Crippen molar-refractivity contribution in [2.75, 3.05) is 6.54 Å². The minimum Gasteiger partial charge on any atom is -0.478 e. The zero-order valence-electron chi connectivity index (χ0n) is 10.2. The summed E-state index contributed by atoms with van der Waals surface area (Å²) in [5.41, 5.74) is 3.99. The number of halogens is 2. The second kappa shape index (κ2) is 6.35. The van der Waals surface area contributed by atoms with Gasteiger partial charge in [-0.2, -0.15) is 0 Å². The Labute approximate surface area is 123 Å². The quantitative estimate of drug-likeness (QED) is 0.538. The number of carboxylic acid groups (broad SMARTS) is 1. The van der Waals surface area contributed by atoms with Gasteiger partial charge >= 0.3 is 5.97 Å². The van der Waals surface area contributed by atoms with Gasteiger partial charge in [-0.3, -0.25) is 4.79 Å². The molecular weight excluding hydrogens is 331 g/mol. The monoisotopic (exact) mass is 340 g/mol. The highest BCUT2D eigenvalue weighted by atomic mass is 35.5. The smallest absolute Gasteiger partial charge is 0.337 e. The lowest BCUT2D eigenvalue weighted by molar-refractivity contribution is -0.125. The highest BCUT2D eigenvalue weighted by molar-refractivity contribution is 7.89. The maximum Gasteiger partial charge on any atom is 0.337 e. The van der Waals surface area contributed by atoms with E-state index in [0.717, 1.165) is 0 Å². The first-order valence-corrected chi connectivity index (χ1v) is 7.11. The molecule has 1 atom stereocenters. The average molecular weight is 341 g/mol. The van der Waals surface area contributed by atoms with Crippen LogP contribution in [-0.2, 0) is 14.8 Å². The number of primary amides is 1. The molecule has 0 spiro atoms. The normalized spacial score (nSPS) is 12.9. The van der Waals surface area contributed by atoms with E-state index in [1.165, 1.54) is 0 Å². The SMILES string of the molecule is NC(=O)C(O)CNS(=O)(=O)c1cc(F)c(Cl)c(C(=O)O)c1. The van der Waals surface area contributed by atoms with Crippen LogP contribution in [0, 0.1) is 5.82 Å². The number of amides is 1. The summed E-state index contributed by atoms with van der Waals surface area (Å²) in [6.45, 7) is -0.746. The Bertz CT molecular complexity index is 693. The zero-order chi connectivity index (χ0) is 16.4. The number of nitrogens with one attached hydrogen (secondary N) is 1. The van der Waals surface area contributed by atoms with E-state index >= 15 is 0 Å². The third-order valence-electron chi connectivity index (χ3n) is 2.34. The second-order valence-corrected chi connectivity index (χ2v) is 5.99. The largest absolute Gasteiger partial charge is 0.478 e. The van der Waals surface area contributed by atoms with Crippen molar-refractivity contribution in [3.05, 3.63) is 28.5 Å². The molecule has 0 aliphatic rings. The first-order valence-electron chi connectivity index (χ1n) is 5.25. The fourth-order valence-corrected chi connectivity index (χ4v) is 2.51. The van der Waals surface area contributed by atoms with Crippen molar-refractivity contribution in [1.82, 2.24) is 4.72 Å². The van der Waals surface area contributed by atoms with E-state index in [-0.39, 0.29) is 0 Å². The predicted molar refractivity (Wildman–Crippen MR) is 68.8 cm³/mol. The summed E-state index contributed by atoms with van der Waals surface area (Å²) < 4.78 is 38.9. The van der Waals surface area contributed by atoms with Crippen LogP contribution in [0.3, 0.4) is 0 Å². The van der Waals surface area contributed by atoms with E-state index in [1.54, 1.807) is 4.72 Å². The Morgan fingerprint density at radius 1 is 1.43 bits per heavy atom. The highest BCUT2D eigenvalue weighted by Gasteiger charge is 2.23. The van der Waals surface area contributed by atoms with Gasteiger partial charge in [-0.1, -0.05) is 11.6 Å². The molecule has 21 heavy (non-hydrogen) atoms. The number of rotatable bonds is 6. The van der Waals surface area contributed by atoms with Crippen LogP contribution in [0.15, 0.2) is 17.0 Å². The summed E-state index contributed by atoms with van der Waals surface area (Å²) in [5, 5.41) is 17.2. The lowest BCUT2D eigenvalue weighted by Gasteiger charge is -2.10. The zero-order valence-corrected chi connectivity index (χ0v) is 11.8. The topological polar surface area (TPSA) is 147 Å². The fraction of sp³-hybridized carbons (Fsp3) is 0.200. The molecule has 0 fully saturated rings. The summed E-state index contributed by atoms with van der Waals surface area (Å²) >= 11 is 5.41. The minimum atomic E-state index is -4.36. The molecule has 0 saturated carbocycles. The van der Waals surface area contributed by atoms with E-state index in [2.05, 4.69) is 0 Å². The molecular formula is C10H10ClFN2O6S. The van der Waals surface area contributed by atoms with Crippen LogP contribution in [0.1, 0.15) is 10.4 Å². The highest BCUT2D eigenvalue weighted by Crippen LogP contribution is 2.24. The Morgan fingerprint density at radius 3 is 2.48 bits per heavy atom. The number of benzene rings is 1. The van der Waals surface area contributed by atoms with E-state index in [1.807, 2.05) is 0 Å². The van der Waals surface area contributed by atoms with Crippen molar-refractivity contribution >= 4 is 33.5 Å². The van der Waals surface area contributed by atoms with Crippen LogP contribution < -0.4 is 10.5 Å². The summed E-state index contributed by atoms with van der Waals surface area (Å²) in [4.78, 5) is 20.7. The second-order valence-electron chi connectivity index (χ2n) is 3.84. The van der Waals surface area contributed by atoms with Crippen molar-refractivity contribution in [3.8, 4) is 0 Å². The number of aromatic carboxylic acids is 1. The van der Waals surface area contributed by atoms with Crippen molar-refractivity contribution in [3.63, 3.8) is 0 Å². The van der Waals surface area contributed by atoms with E-state index in [9.17, 15) is 22.4 Å². The molecule has 1 aromatic rings. The Morgan fingerprint density at radius 2 is 2.00 bits per heavy atom. The maximum atomic E-state index is 13.4. The molecule has 0 aliphatic carbocycles. The van der Waals surface area contributed by atoms with Crippen molar-refractivity contribution < 1.29 is 32.6 Å². The van der Waals surface area contributed by atoms with Gasteiger partial charge in [0.2, 0.25) is 15.9 Å². The number of hydrogen-bond donors (Lipinski definition) is 4. The van der Waals surface area contributed by atoms with E-state index in [4.69, 9.17) is 27.5 Å². The molecule has 0 bridgehead atoms. The Kier molecular flexibility index (Phi) is 5.23. The van der Waals surface area contributed by atoms with E-state index < -0.39 is 55.8 Å². The van der Waals surface area contributed by atoms with Gasteiger partial charge in [-0.05, 0) is 12.1 Å². The number of aliphatic hydroxyl groups excluding tert-OH is 1. The van der Waals surface area contributed by atoms with Crippen molar-refractivity contribution in [1.29, 1.82) is 0 Å². The molecule has 11 heteroatoms. The molecule has 0 heterocycles. The fourth-order valence-electron chi connectivity index (χ4n) is 1.25. The summed E-state index contributed by atoms with van der Waals surface area (Å²) in [5.74, 6) is -4.02. The molecule has 0 aromatic heterocycles.